The average Bonchev–Trinajstić information content (AvgIpc) is 3.02. The molecule has 2 aromatic rings. The topological polar surface area (TPSA) is 47.2 Å². The van der Waals surface area contributed by atoms with Crippen molar-refractivity contribution in [1.29, 1.82) is 0 Å². The van der Waals surface area contributed by atoms with Gasteiger partial charge in [0.05, 0.1) is 11.3 Å². The van der Waals surface area contributed by atoms with Crippen LogP contribution >= 0.6 is 0 Å². The monoisotopic (exact) mass is 258 g/mol. The van der Waals surface area contributed by atoms with E-state index in [1.165, 1.54) is 0 Å². The van der Waals surface area contributed by atoms with Crippen molar-refractivity contribution in [3.8, 4) is 5.69 Å². The van der Waals surface area contributed by atoms with Gasteiger partial charge in [-0.05, 0) is 37.5 Å². The van der Waals surface area contributed by atoms with E-state index in [1.807, 2.05) is 37.4 Å². The molecule has 1 aliphatic carbocycles. The normalized spacial score (nSPS) is 16.6. The zero-order valence-corrected chi connectivity index (χ0v) is 11.3. The van der Waals surface area contributed by atoms with Crippen LogP contribution in [0.4, 0.5) is 0 Å². The molecule has 1 N–H and O–H groups in total. The fourth-order valence-corrected chi connectivity index (χ4v) is 2.48. The smallest absolute Gasteiger partial charge is 0.332 e. The molecule has 1 aromatic carbocycles. The zero-order chi connectivity index (χ0) is 13.6. The van der Waals surface area contributed by atoms with Crippen LogP contribution < -0.4 is 5.69 Å². The second-order valence-corrected chi connectivity index (χ2v) is 5.57. The number of hydrogen-bond acceptors (Lipinski definition) is 2. The first-order chi connectivity index (χ1) is 8.98. The van der Waals surface area contributed by atoms with Gasteiger partial charge in [-0.2, -0.15) is 0 Å². The van der Waals surface area contributed by atoms with E-state index in [0.717, 1.165) is 29.8 Å². The highest BCUT2D eigenvalue weighted by atomic mass is 16.3. The third-order valence-corrected chi connectivity index (χ3v) is 3.78. The van der Waals surface area contributed by atoms with Crippen molar-refractivity contribution in [3.63, 3.8) is 0 Å². The molecular formula is C15H18N2O2. The van der Waals surface area contributed by atoms with Crippen LogP contribution in [0.5, 0.6) is 0 Å². The number of rotatable bonds is 3. The Bertz CT molecular complexity index is 660. The van der Waals surface area contributed by atoms with Gasteiger partial charge in [-0.1, -0.05) is 12.1 Å². The summed E-state index contributed by atoms with van der Waals surface area (Å²) in [5.41, 5.74) is 2.40. The summed E-state index contributed by atoms with van der Waals surface area (Å²) in [6, 6.07) is 7.86. The molecule has 0 bridgehead atoms. The first kappa shape index (κ1) is 12.2. The second-order valence-electron chi connectivity index (χ2n) is 5.57. The highest BCUT2D eigenvalue weighted by Gasteiger charge is 2.39. The molecule has 0 aliphatic heterocycles. The summed E-state index contributed by atoms with van der Waals surface area (Å²) in [6.45, 7) is 1.92. The maximum Gasteiger partial charge on any atom is 0.332 e. The summed E-state index contributed by atoms with van der Waals surface area (Å²) in [5.74, 6) is 0. The van der Waals surface area contributed by atoms with Gasteiger partial charge in [0.25, 0.3) is 0 Å². The molecule has 1 heterocycles. The van der Waals surface area contributed by atoms with Gasteiger partial charge in [-0.25, -0.2) is 4.79 Å². The third kappa shape index (κ3) is 2.24. The van der Waals surface area contributed by atoms with Crippen LogP contribution in [0.25, 0.3) is 5.69 Å². The first-order valence-electron chi connectivity index (χ1n) is 6.55. The Kier molecular flexibility index (Phi) is 2.64. The minimum atomic E-state index is -0.471. The molecule has 3 rings (SSSR count). The number of hydrogen-bond donors (Lipinski definition) is 1. The molecule has 0 radical (unpaired) electrons. The Hall–Kier alpha value is -1.81. The van der Waals surface area contributed by atoms with E-state index < -0.39 is 5.60 Å². The van der Waals surface area contributed by atoms with Crippen LogP contribution in [0.15, 0.2) is 35.3 Å². The van der Waals surface area contributed by atoms with Gasteiger partial charge < -0.3 is 9.67 Å². The van der Waals surface area contributed by atoms with Crippen molar-refractivity contribution in [2.24, 2.45) is 7.05 Å². The summed E-state index contributed by atoms with van der Waals surface area (Å²) in [7, 11) is 1.75. The number of aryl methyl sites for hydroxylation is 2. The maximum atomic E-state index is 12.0. The van der Waals surface area contributed by atoms with Gasteiger partial charge >= 0.3 is 5.69 Å². The molecule has 1 aliphatic rings. The highest BCUT2D eigenvalue weighted by Crippen LogP contribution is 2.38. The van der Waals surface area contributed by atoms with E-state index in [1.54, 1.807) is 16.2 Å². The Morgan fingerprint density at radius 2 is 1.89 bits per heavy atom. The lowest BCUT2D eigenvalue weighted by molar-refractivity contribution is 0.151. The van der Waals surface area contributed by atoms with Gasteiger partial charge in [-0.3, -0.25) is 4.57 Å². The van der Waals surface area contributed by atoms with Crippen LogP contribution in [0.3, 0.4) is 0 Å². The minimum absolute atomic E-state index is 0.0360. The standard InChI is InChI=1S/C15H18N2O2/c1-11-10-16(2)14(18)17(11)13-5-3-12(4-6-13)9-15(19)7-8-15/h3-6,10,19H,7-9H2,1-2H3. The summed E-state index contributed by atoms with van der Waals surface area (Å²) in [4.78, 5) is 12.0. The summed E-state index contributed by atoms with van der Waals surface area (Å²) >= 11 is 0. The Balaban J connectivity index is 1.92. The quantitative estimate of drug-likeness (QED) is 0.908. The van der Waals surface area contributed by atoms with E-state index in [-0.39, 0.29) is 5.69 Å². The number of benzene rings is 1. The zero-order valence-electron chi connectivity index (χ0n) is 11.3. The van der Waals surface area contributed by atoms with Crippen molar-refractivity contribution in [1.82, 2.24) is 9.13 Å². The van der Waals surface area contributed by atoms with Crippen LogP contribution in [0.2, 0.25) is 0 Å². The van der Waals surface area contributed by atoms with E-state index in [9.17, 15) is 9.90 Å². The average molecular weight is 258 g/mol. The van der Waals surface area contributed by atoms with E-state index in [2.05, 4.69) is 0 Å². The van der Waals surface area contributed by atoms with Gasteiger partial charge in [0.15, 0.2) is 0 Å². The predicted octanol–water partition coefficient (Wildman–Crippen LogP) is 1.55. The number of aliphatic hydroxyl groups is 1. The summed E-state index contributed by atoms with van der Waals surface area (Å²) in [5, 5.41) is 9.90. The van der Waals surface area contributed by atoms with Gasteiger partial charge in [0, 0.05) is 25.4 Å². The molecule has 19 heavy (non-hydrogen) atoms. The molecular weight excluding hydrogens is 240 g/mol. The van der Waals surface area contributed by atoms with Gasteiger partial charge in [0.1, 0.15) is 0 Å². The van der Waals surface area contributed by atoms with E-state index in [4.69, 9.17) is 0 Å². The molecule has 4 heteroatoms. The Morgan fingerprint density at radius 1 is 1.26 bits per heavy atom. The SMILES string of the molecule is Cc1cn(C)c(=O)n1-c1ccc(CC2(O)CC2)cc1. The third-order valence-electron chi connectivity index (χ3n) is 3.78. The van der Waals surface area contributed by atoms with Crippen molar-refractivity contribution in [3.05, 3.63) is 52.2 Å². The van der Waals surface area contributed by atoms with Crippen molar-refractivity contribution >= 4 is 0 Å². The second kappa shape index (κ2) is 4.10. The Labute approximate surface area is 111 Å². The molecule has 100 valence electrons. The lowest BCUT2D eigenvalue weighted by Gasteiger charge is -2.09. The van der Waals surface area contributed by atoms with E-state index in [0.29, 0.717) is 6.42 Å². The molecule has 0 unspecified atom stereocenters. The number of imidazole rings is 1. The van der Waals surface area contributed by atoms with Crippen LogP contribution in [-0.2, 0) is 13.5 Å². The largest absolute Gasteiger partial charge is 0.390 e. The van der Waals surface area contributed by atoms with Crippen molar-refractivity contribution in [2.75, 3.05) is 0 Å². The van der Waals surface area contributed by atoms with Gasteiger partial charge in [0.2, 0.25) is 0 Å². The highest BCUT2D eigenvalue weighted by molar-refractivity contribution is 5.37. The van der Waals surface area contributed by atoms with E-state index >= 15 is 0 Å². The number of aromatic nitrogens is 2. The fourth-order valence-electron chi connectivity index (χ4n) is 2.48. The van der Waals surface area contributed by atoms with Crippen LogP contribution in [0, 0.1) is 6.92 Å². The fraction of sp³-hybridized carbons (Fsp3) is 0.400. The van der Waals surface area contributed by atoms with Crippen molar-refractivity contribution in [2.45, 2.75) is 31.8 Å². The molecule has 1 fully saturated rings. The molecule has 0 atom stereocenters. The molecule has 1 aromatic heterocycles. The molecule has 0 spiro atoms. The molecule has 0 saturated heterocycles. The Morgan fingerprint density at radius 3 is 2.37 bits per heavy atom. The minimum Gasteiger partial charge on any atom is -0.390 e. The number of nitrogens with zero attached hydrogens (tertiary/aromatic N) is 2. The first-order valence-corrected chi connectivity index (χ1v) is 6.55. The summed E-state index contributed by atoms with van der Waals surface area (Å²) in [6.07, 6.45) is 4.32. The van der Waals surface area contributed by atoms with Gasteiger partial charge in [-0.15, -0.1) is 0 Å². The molecule has 1 saturated carbocycles. The van der Waals surface area contributed by atoms with Crippen molar-refractivity contribution < 1.29 is 5.11 Å². The molecule has 4 nitrogen and oxygen atoms in total. The summed E-state index contributed by atoms with van der Waals surface area (Å²) < 4.78 is 3.27. The lowest BCUT2D eigenvalue weighted by Crippen LogP contribution is -2.21. The predicted molar refractivity (Wildman–Crippen MR) is 73.6 cm³/mol. The lowest BCUT2D eigenvalue weighted by atomic mass is 10.1. The molecule has 0 amide bonds. The van der Waals surface area contributed by atoms with Crippen LogP contribution in [-0.4, -0.2) is 19.8 Å². The maximum absolute atomic E-state index is 12.0. The van der Waals surface area contributed by atoms with Crippen LogP contribution in [0.1, 0.15) is 24.1 Å².